The van der Waals surface area contributed by atoms with Gasteiger partial charge >= 0.3 is 5.97 Å². The fourth-order valence-corrected chi connectivity index (χ4v) is 1.76. The summed E-state index contributed by atoms with van der Waals surface area (Å²) >= 11 is 0. The molecule has 0 bridgehead atoms. The highest BCUT2D eigenvalue weighted by Crippen LogP contribution is 2.25. The van der Waals surface area contributed by atoms with Gasteiger partial charge in [-0.2, -0.15) is 0 Å². The molecule has 64 valence electrons. The summed E-state index contributed by atoms with van der Waals surface area (Å²) in [7, 11) is 0. The van der Waals surface area contributed by atoms with Crippen LogP contribution in [0.1, 0.15) is 26.2 Å². The van der Waals surface area contributed by atoms with Crippen LogP contribution in [0.4, 0.5) is 0 Å². The van der Waals surface area contributed by atoms with Crippen LogP contribution in [0.15, 0.2) is 0 Å². The van der Waals surface area contributed by atoms with E-state index >= 15 is 0 Å². The highest BCUT2D eigenvalue weighted by atomic mass is 16.4. The van der Waals surface area contributed by atoms with Crippen LogP contribution in [0, 0.1) is 5.92 Å². The van der Waals surface area contributed by atoms with Gasteiger partial charge in [-0.15, -0.1) is 0 Å². The van der Waals surface area contributed by atoms with Crippen molar-refractivity contribution in [2.24, 2.45) is 5.92 Å². The first-order valence-electron chi connectivity index (χ1n) is 4.22. The minimum absolute atomic E-state index is 0.144. The SMILES string of the molecule is CCNC1CCCC1C(=O)O. The lowest BCUT2D eigenvalue weighted by atomic mass is 10.0. The van der Waals surface area contributed by atoms with Crippen LogP contribution in [-0.4, -0.2) is 23.7 Å². The molecule has 1 saturated carbocycles. The predicted octanol–water partition coefficient (Wildman–Crippen LogP) is 0.849. The summed E-state index contributed by atoms with van der Waals surface area (Å²) in [5.74, 6) is -0.789. The zero-order chi connectivity index (χ0) is 8.27. The second kappa shape index (κ2) is 3.72. The minimum Gasteiger partial charge on any atom is -0.481 e. The zero-order valence-corrected chi connectivity index (χ0v) is 6.84. The van der Waals surface area contributed by atoms with Crippen LogP contribution >= 0.6 is 0 Å². The Bertz CT molecular complexity index is 147. The van der Waals surface area contributed by atoms with E-state index in [9.17, 15) is 4.79 Å². The van der Waals surface area contributed by atoms with E-state index in [-0.39, 0.29) is 12.0 Å². The number of nitrogens with one attached hydrogen (secondary N) is 1. The number of rotatable bonds is 3. The normalized spacial score (nSPS) is 30.6. The van der Waals surface area contributed by atoms with Crippen molar-refractivity contribution in [3.8, 4) is 0 Å². The average molecular weight is 157 g/mol. The molecule has 1 aliphatic rings. The minimum atomic E-state index is -0.645. The number of carboxylic acid groups (broad SMARTS) is 1. The van der Waals surface area contributed by atoms with Gasteiger partial charge in [0.15, 0.2) is 0 Å². The Morgan fingerprint density at radius 1 is 1.64 bits per heavy atom. The molecule has 0 heterocycles. The highest BCUT2D eigenvalue weighted by Gasteiger charge is 2.31. The lowest BCUT2D eigenvalue weighted by Crippen LogP contribution is -2.35. The number of hydrogen-bond donors (Lipinski definition) is 2. The number of carboxylic acids is 1. The lowest BCUT2D eigenvalue weighted by molar-refractivity contribution is -0.142. The Labute approximate surface area is 66.8 Å². The molecular formula is C8H15NO2. The first-order valence-corrected chi connectivity index (χ1v) is 4.22. The van der Waals surface area contributed by atoms with Crippen molar-refractivity contribution in [1.29, 1.82) is 0 Å². The standard InChI is InChI=1S/C8H15NO2/c1-2-9-7-5-3-4-6(7)8(10)11/h6-7,9H,2-5H2,1H3,(H,10,11). The maximum atomic E-state index is 10.6. The molecule has 1 rings (SSSR count). The predicted molar refractivity (Wildman–Crippen MR) is 42.4 cm³/mol. The molecule has 2 N–H and O–H groups in total. The fourth-order valence-electron chi connectivity index (χ4n) is 1.76. The molecule has 0 aliphatic heterocycles. The van der Waals surface area contributed by atoms with Crippen molar-refractivity contribution in [3.63, 3.8) is 0 Å². The van der Waals surface area contributed by atoms with Crippen LogP contribution in [0.2, 0.25) is 0 Å². The molecule has 1 fully saturated rings. The molecule has 3 nitrogen and oxygen atoms in total. The zero-order valence-electron chi connectivity index (χ0n) is 6.84. The van der Waals surface area contributed by atoms with Crippen LogP contribution in [0.25, 0.3) is 0 Å². The summed E-state index contributed by atoms with van der Waals surface area (Å²) in [6.07, 6.45) is 2.91. The highest BCUT2D eigenvalue weighted by molar-refractivity contribution is 5.71. The van der Waals surface area contributed by atoms with Gasteiger partial charge in [0.1, 0.15) is 0 Å². The summed E-state index contributed by atoms with van der Waals surface area (Å²) in [6.45, 7) is 2.88. The summed E-state index contributed by atoms with van der Waals surface area (Å²) in [6, 6.07) is 0.220. The Balaban J connectivity index is 2.44. The van der Waals surface area contributed by atoms with Gasteiger partial charge in [-0.05, 0) is 19.4 Å². The summed E-state index contributed by atoms with van der Waals surface area (Å²) in [5.41, 5.74) is 0. The maximum Gasteiger partial charge on any atom is 0.308 e. The number of aliphatic carboxylic acids is 1. The van der Waals surface area contributed by atoms with Crippen LogP contribution < -0.4 is 5.32 Å². The van der Waals surface area contributed by atoms with E-state index in [4.69, 9.17) is 5.11 Å². The fraction of sp³-hybridized carbons (Fsp3) is 0.875. The van der Waals surface area contributed by atoms with Crippen molar-refractivity contribution in [1.82, 2.24) is 5.32 Å². The third kappa shape index (κ3) is 1.93. The van der Waals surface area contributed by atoms with Gasteiger partial charge in [0.05, 0.1) is 5.92 Å². The Morgan fingerprint density at radius 3 is 2.91 bits per heavy atom. The molecule has 0 radical (unpaired) electrons. The molecule has 2 unspecified atom stereocenters. The van der Waals surface area contributed by atoms with Gasteiger partial charge in [0.2, 0.25) is 0 Å². The van der Waals surface area contributed by atoms with Gasteiger partial charge in [0.25, 0.3) is 0 Å². The third-order valence-electron chi connectivity index (χ3n) is 2.30. The molecule has 0 aromatic carbocycles. The smallest absolute Gasteiger partial charge is 0.308 e. The van der Waals surface area contributed by atoms with Crippen molar-refractivity contribution in [2.45, 2.75) is 32.2 Å². The maximum absolute atomic E-state index is 10.6. The van der Waals surface area contributed by atoms with Crippen LogP contribution in [0.5, 0.6) is 0 Å². The molecule has 2 atom stereocenters. The topological polar surface area (TPSA) is 49.3 Å². The van der Waals surface area contributed by atoms with E-state index in [0.717, 1.165) is 25.8 Å². The third-order valence-corrected chi connectivity index (χ3v) is 2.30. The molecule has 0 amide bonds. The summed E-state index contributed by atoms with van der Waals surface area (Å²) in [4.78, 5) is 10.6. The monoisotopic (exact) mass is 157 g/mol. The summed E-state index contributed by atoms with van der Waals surface area (Å²) < 4.78 is 0. The van der Waals surface area contributed by atoms with E-state index in [1.807, 2.05) is 6.92 Å². The number of hydrogen-bond acceptors (Lipinski definition) is 2. The quantitative estimate of drug-likeness (QED) is 0.638. The van der Waals surface area contributed by atoms with E-state index in [1.165, 1.54) is 0 Å². The molecule has 3 heteroatoms. The number of carbonyl (C=O) groups is 1. The van der Waals surface area contributed by atoms with Gasteiger partial charge in [-0.25, -0.2) is 0 Å². The largest absolute Gasteiger partial charge is 0.481 e. The van der Waals surface area contributed by atoms with Crippen molar-refractivity contribution in [3.05, 3.63) is 0 Å². The van der Waals surface area contributed by atoms with E-state index in [0.29, 0.717) is 0 Å². The summed E-state index contributed by atoms with van der Waals surface area (Å²) in [5, 5.41) is 12.0. The molecule has 1 aliphatic carbocycles. The molecule has 11 heavy (non-hydrogen) atoms. The second-order valence-corrected chi connectivity index (χ2v) is 3.04. The Kier molecular flexibility index (Phi) is 2.88. The first kappa shape index (κ1) is 8.53. The van der Waals surface area contributed by atoms with E-state index in [2.05, 4.69) is 5.32 Å². The Hall–Kier alpha value is -0.570. The van der Waals surface area contributed by atoms with Gasteiger partial charge in [-0.1, -0.05) is 13.3 Å². The second-order valence-electron chi connectivity index (χ2n) is 3.04. The van der Waals surface area contributed by atoms with Crippen LogP contribution in [-0.2, 0) is 4.79 Å². The van der Waals surface area contributed by atoms with Crippen molar-refractivity contribution < 1.29 is 9.90 Å². The first-order chi connectivity index (χ1) is 5.25. The van der Waals surface area contributed by atoms with Gasteiger partial charge in [-0.3, -0.25) is 4.79 Å². The molecule has 0 aromatic heterocycles. The van der Waals surface area contributed by atoms with Crippen molar-refractivity contribution in [2.75, 3.05) is 6.54 Å². The van der Waals surface area contributed by atoms with Crippen molar-refractivity contribution >= 4 is 5.97 Å². The average Bonchev–Trinajstić information content (AvgIpc) is 2.36. The van der Waals surface area contributed by atoms with Gasteiger partial charge < -0.3 is 10.4 Å². The molecule has 0 spiro atoms. The molecule has 0 aromatic rings. The Morgan fingerprint density at radius 2 is 2.36 bits per heavy atom. The van der Waals surface area contributed by atoms with Crippen LogP contribution in [0.3, 0.4) is 0 Å². The van der Waals surface area contributed by atoms with E-state index in [1.54, 1.807) is 0 Å². The lowest BCUT2D eigenvalue weighted by Gasteiger charge is -2.15. The van der Waals surface area contributed by atoms with Gasteiger partial charge in [0, 0.05) is 6.04 Å². The molecular weight excluding hydrogens is 142 g/mol. The van der Waals surface area contributed by atoms with E-state index < -0.39 is 5.97 Å². The molecule has 0 saturated heterocycles.